The summed E-state index contributed by atoms with van der Waals surface area (Å²) in [5, 5.41) is 0. The molecule has 1 aliphatic rings. The molecule has 0 radical (unpaired) electrons. The molecule has 4 nitrogen and oxygen atoms in total. The van der Waals surface area contributed by atoms with E-state index >= 15 is 0 Å². The first-order chi connectivity index (χ1) is 10.5. The predicted octanol–water partition coefficient (Wildman–Crippen LogP) is 3.89. The highest BCUT2D eigenvalue weighted by Gasteiger charge is 2.32. The van der Waals surface area contributed by atoms with E-state index < -0.39 is 5.66 Å². The number of benzene rings is 1. The molecular weight excluding hydrogens is 272 g/mol. The summed E-state index contributed by atoms with van der Waals surface area (Å²) in [4.78, 5) is 11.6. The largest absolute Gasteiger partial charge is 0.309 e. The molecule has 0 saturated heterocycles. The minimum absolute atomic E-state index is 0.532. The molecule has 1 saturated carbocycles. The average molecular weight is 296 g/mol. The number of hydrogen-bond donors (Lipinski definition) is 1. The number of hydrogen-bond acceptors (Lipinski definition) is 4. The van der Waals surface area contributed by atoms with E-state index in [4.69, 9.17) is 10.7 Å². The Morgan fingerprint density at radius 2 is 1.91 bits per heavy atom. The molecule has 0 spiro atoms. The smallest absolute Gasteiger partial charge is 0.231 e. The van der Waals surface area contributed by atoms with Gasteiger partial charge in [0.05, 0.1) is 5.66 Å². The van der Waals surface area contributed by atoms with Gasteiger partial charge in [0.15, 0.2) is 0 Å². The monoisotopic (exact) mass is 296 g/mol. The summed E-state index contributed by atoms with van der Waals surface area (Å²) in [6, 6.07) is 12.3. The fourth-order valence-electron chi connectivity index (χ4n) is 2.64. The minimum atomic E-state index is -0.532. The Bertz CT molecular complexity index is 647. The van der Waals surface area contributed by atoms with Crippen LogP contribution >= 0.6 is 0 Å². The highest BCUT2D eigenvalue weighted by molar-refractivity contribution is 5.59. The van der Waals surface area contributed by atoms with Gasteiger partial charge in [0, 0.05) is 23.0 Å². The van der Waals surface area contributed by atoms with E-state index in [9.17, 15) is 0 Å². The molecule has 1 aliphatic carbocycles. The fraction of sp³-hybridized carbons (Fsp3) is 0.444. The Morgan fingerprint density at radius 3 is 2.50 bits per heavy atom. The predicted molar refractivity (Wildman–Crippen MR) is 90.2 cm³/mol. The highest BCUT2D eigenvalue weighted by atomic mass is 15.3. The topological polar surface area (TPSA) is 55.0 Å². The lowest BCUT2D eigenvalue weighted by molar-refractivity contribution is 0.454. The van der Waals surface area contributed by atoms with E-state index in [2.05, 4.69) is 35.0 Å². The van der Waals surface area contributed by atoms with Gasteiger partial charge in [0.2, 0.25) is 5.95 Å². The number of aromatic nitrogens is 2. The van der Waals surface area contributed by atoms with E-state index in [-0.39, 0.29) is 0 Å². The average Bonchev–Trinajstić information content (AvgIpc) is 3.32. The molecule has 4 heteroatoms. The summed E-state index contributed by atoms with van der Waals surface area (Å²) in [5.74, 6) is 1.31. The van der Waals surface area contributed by atoms with Crippen LogP contribution in [0.15, 0.2) is 36.4 Å². The van der Waals surface area contributed by atoms with Crippen LogP contribution in [-0.2, 0) is 0 Å². The number of rotatable bonds is 5. The first-order valence-corrected chi connectivity index (χ1v) is 8.01. The highest BCUT2D eigenvalue weighted by Crippen LogP contribution is 2.40. The lowest BCUT2D eigenvalue weighted by Gasteiger charge is -2.38. The first-order valence-electron chi connectivity index (χ1n) is 8.01. The van der Waals surface area contributed by atoms with Crippen LogP contribution in [0.25, 0.3) is 0 Å². The Balaban J connectivity index is 2.10. The van der Waals surface area contributed by atoms with E-state index in [0.717, 1.165) is 23.5 Å². The van der Waals surface area contributed by atoms with Crippen LogP contribution in [0.4, 0.5) is 11.6 Å². The fourth-order valence-corrected chi connectivity index (χ4v) is 2.64. The van der Waals surface area contributed by atoms with Crippen molar-refractivity contribution in [2.75, 3.05) is 4.90 Å². The van der Waals surface area contributed by atoms with Gasteiger partial charge in [-0.15, -0.1) is 0 Å². The molecule has 1 unspecified atom stereocenters. The lowest BCUT2D eigenvalue weighted by Crippen LogP contribution is -2.51. The zero-order chi connectivity index (χ0) is 15.7. The summed E-state index contributed by atoms with van der Waals surface area (Å²) in [6.45, 7) is 6.15. The second kappa shape index (κ2) is 5.69. The van der Waals surface area contributed by atoms with E-state index in [0.29, 0.717) is 11.9 Å². The van der Waals surface area contributed by atoms with Gasteiger partial charge >= 0.3 is 0 Å². The molecule has 0 aliphatic heterocycles. The maximum Gasteiger partial charge on any atom is 0.231 e. The van der Waals surface area contributed by atoms with Crippen LogP contribution in [0.5, 0.6) is 0 Å². The molecule has 1 fully saturated rings. The van der Waals surface area contributed by atoms with Crippen molar-refractivity contribution in [3.05, 3.63) is 47.8 Å². The van der Waals surface area contributed by atoms with Crippen LogP contribution in [0, 0.1) is 6.92 Å². The van der Waals surface area contributed by atoms with Crippen molar-refractivity contribution in [1.29, 1.82) is 0 Å². The maximum absolute atomic E-state index is 6.56. The third kappa shape index (κ3) is 2.97. The zero-order valence-electron chi connectivity index (χ0n) is 13.6. The first kappa shape index (κ1) is 15.0. The number of nitrogens with two attached hydrogens (primary N) is 1. The summed E-state index contributed by atoms with van der Waals surface area (Å²) in [7, 11) is 0. The van der Waals surface area contributed by atoms with Crippen molar-refractivity contribution >= 4 is 11.6 Å². The van der Waals surface area contributed by atoms with Gasteiger partial charge in [-0.1, -0.05) is 25.1 Å². The molecule has 0 bridgehead atoms. The standard InChI is InChI=1S/C18H24N4/c1-4-18(3,19)22(15-8-6-5-7-9-15)17-20-13(2)12-16(21-17)14-10-11-14/h5-9,12,14H,4,10-11,19H2,1-3H3. The summed E-state index contributed by atoms with van der Waals surface area (Å²) < 4.78 is 0. The van der Waals surface area contributed by atoms with Gasteiger partial charge < -0.3 is 5.73 Å². The molecule has 2 N–H and O–H groups in total. The van der Waals surface area contributed by atoms with Crippen molar-refractivity contribution in [3.63, 3.8) is 0 Å². The van der Waals surface area contributed by atoms with Crippen molar-refractivity contribution in [2.45, 2.75) is 51.6 Å². The minimum Gasteiger partial charge on any atom is -0.309 e. The molecule has 22 heavy (non-hydrogen) atoms. The molecule has 2 aromatic rings. The van der Waals surface area contributed by atoms with E-state index in [1.807, 2.05) is 32.0 Å². The Hall–Kier alpha value is -1.94. The molecular formula is C18H24N4. The zero-order valence-corrected chi connectivity index (χ0v) is 13.6. The van der Waals surface area contributed by atoms with Crippen molar-refractivity contribution in [1.82, 2.24) is 9.97 Å². The number of para-hydroxylation sites is 1. The van der Waals surface area contributed by atoms with Gasteiger partial charge in [-0.2, -0.15) is 0 Å². The van der Waals surface area contributed by atoms with Gasteiger partial charge in [0.25, 0.3) is 0 Å². The SMILES string of the molecule is CCC(C)(N)N(c1ccccc1)c1nc(C)cc(C2CC2)n1. The van der Waals surface area contributed by atoms with Crippen molar-refractivity contribution in [2.24, 2.45) is 5.73 Å². The number of aryl methyl sites for hydroxylation is 1. The molecule has 116 valence electrons. The van der Waals surface area contributed by atoms with Crippen molar-refractivity contribution in [3.8, 4) is 0 Å². The lowest BCUT2D eigenvalue weighted by atomic mass is 10.1. The van der Waals surface area contributed by atoms with Crippen LogP contribution < -0.4 is 10.6 Å². The third-order valence-electron chi connectivity index (χ3n) is 4.30. The molecule has 1 atom stereocenters. The van der Waals surface area contributed by atoms with Crippen LogP contribution in [0.1, 0.15) is 50.4 Å². The van der Waals surface area contributed by atoms with Gasteiger partial charge in [-0.3, -0.25) is 4.90 Å². The Morgan fingerprint density at radius 1 is 1.23 bits per heavy atom. The van der Waals surface area contributed by atoms with Gasteiger partial charge in [-0.05, 0) is 51.3 Å². The van der Waals surface area contributed by atoms with Crippen LogP contribution in [0.2, 0.25) is 0 Å². The van der Waals surface area contributed by atoms with Crippen LogP contribution in [-0.4, -0.2) is 15.6 Å². The molecule has 1 aromatic carbocycles. The maximum atomic E-state index is 6.56. The molecule has 0 amide bonds. The summed E-state index contributed by atoms with van der Waals surface area (Å²) in [6.07, 6.45) is 3.27. The van der Waals surface area contributed by atoms with E-state index in [1.165, 1.54) is 12.8 Å². The van der Waals surface area contributed by atoms with Crippen molar-refractivity contribution < 1.29 is 0 Å². The summed E-state index contributed by atoms with van der Waals surface area (Å²) in [5.41, 5.74) is 9.21. The second-order valence-corrected chi connectivity index (χ2v) is 6.39. The third-order valence-corrected chi connectivity index (χ3v) is 4.30. The number of anilines is 2. The quantitative estimate of drug-likeness (QED) is 0.851. The van der Waals surface area contributed by atoms with Gasteiger partial charge in [-0.25, -0.2) is 9.97 Å². The van der Waals surface area contributed by atoms with Crippen LogP contribution in [0.3, 0.4) is 0 Å². The Labute approximate surface area is 132 Å². The Kier molecular flexibility index (Phi) is 3.87. The summed E-state index contributed by atoms with van der Waals surface area (Å²) >= 11 is 0. The molecule has 3 rings (SSSR count). The second-order valence-electron chi connectivity index (χ2n) is 6.39. The number of nitrogens with zero attached hydrogens (tertiary/aromatic N) is 3. The van der Waals surface area contributed by atoms with E-state index in [1.54, 1.807) is 0 Å². The molecule has 1 heterocycles. The normalized spacial score (nSPS) is 17.1. The van der Waals surface area contributed by atoms with Gasteiger partial charge in [0.1, 0.15) is 0 Å². The molecule has 1 aromatic heterocycles.